The molecule has 0 aliphatic heterocycles. The number of nitrogens with one attached hydrogen (secondary N) is 2. The molecule has 1 heterocycles. The van der Waals surface area contributed by atoms with E-state index < -0.39 is 6.09 Å². The third-order valence-electron chi connectivity index (χ3n) is 2.02. The van der Waals surface area contributed by atoms with Crippen molar-refractivity contribution in [1.29, 1.82) is 0 Å². The minimum absolute atomic E-state index is 0.331. The van der Waals surface area contributed by atoms with E-state index in [1.165, 1.54) is 0 Å². The number of ether oxygens (including phenoxy) is 1. The molecule has 0 radical (unpaired) electrons. The highest BCUT2D eigenvalue weighted by Crippen LogP contribution is 2.13. The van der Waals surface area contributed by atoms with Crippen LogP contribution in [0.5, 0.6) is 0 Å². The molecule has 2 N–H and O–H groups in total. The number of rotatable bonds is 3. The van der Waals surface area contributed by atoms with Gasteiger partial charge >= 0.3 is 6.09 Å². The maximum atomic E-state index is 11.3. The fraction of sp³-hybridized carbons (Fsp3) is 0.600. The molecule has 0 spiro atoms. The summed E-state index contributed by atoms with van der Waals surface area (Å²) in [7, 11) is 0. The van der Waals surface area contributed by atoms with Gasteiger partial charge in [-0.3, -0.25) is 10.4 Å². The largest absolute Gasteiger partial charge is 0.449 e. The molecular formula is C10H17N3O2. The van der Waals surface area contributed by atoms with Crippen molar-refractivity contribution < 1.29 is 9.53 Å². The lowest BCUT2D eigenvalue weighted by Gasteiger charge is -2.07. The number of carbonyl (C=O) groups excluding carboxylic acids is 1. The minimum atomic E-state index is -0.460. The number of anilines is 1. The SMILES string of the molecule is Cc1[nH]nc(NC(=O)OCC(C)C)c1C. The highest BCUT2D eigenvalue weighted by atomic mass is 16.5. The summed E-state index contributed by atoms with van der Waals surface area (Å²) in [6.07, 6.45) is -0.460. The second-order valence-corrected chi connectivity index (χ2v) is 3.94. The van der Waals surface area contributed by atoms with Crippen LogP contribution in [0.15, 0.2) is 0 Å². The van der Waals surface area contributed by atoms with Gasteiger partial charge in [0.2, 0.25) is 0 Å². The minimum Gasteiger partial charge on any atom is -0.449 e. The van der Waals surface area contributed by atoms with Crippen LogP contribution >= 0.6 is 0 Å². The molecule has 1 amide bonds. The van der Waals surface area contributed by atoms with Gasteiger partial charge in [0.25, 0.3) is 0 Å². The molecule has 15 heavy (non-hydrogen) atoms. The van der Waals surface area contributed by atoms with Gasteiger partial charge in [-0.15, -0.1) is 0 Å². The topological polar surface area (TPSA) is 67.0 Å². The molecule has 1 aromatic rings. The van der Waals surface area contributed by atoms with Crippen molar-refractivity contribution in [1.82, 2.24) is 10.2 Å². The Morgan fingerprint density at radius 2 is 2.20 bits per heavy atom. The predicted octanol–water partition coefficient (Wildman–Crippen LogP) is 2.23. The van der Waals surface area contributed by atoms with Crippen LogP contribution in [0.4, 0.5) is 10.6 Å². The Bertz CT molecular complexity index is 344. The van der Waals surface area contributed by atoms with E-state index in [0.717, 1.165) is 11.3 Å². The highest BCUT2D eigenvalue weighted by Gasteiger charge is 2.10. The summed E-state index contributed by atoms with van der Waals surface area (Å²) < 4.78 is 4.97. The van der Waals surface area contributed by atoms with Crippen LogP contribution in [0.2, 0.25) is 0 Å². The fourth-order valence-electron chi connectivity index (χ4n) is 0.982. The molecule has 5 heteroatoms. The van der Waals surface area contributed by atoms with E-state index in [0.29, 0.717) is 18.3 Å². The van der Waals surface area contributed by atoms with Crippen molar-refractivity contribution in [2.24, 2.45) is 5.92 Å². The summed E-state index contributed by atoms with van der Waals surface area (Å²) in [5.74, 6) is 0.860. The lowest BCUT2D eigenvalue weighted by atomic mass is 10.2. The monoisotopic (exact) mass is 211 g/mol. The number of aromatic amines is 1. The average Bonchev–Trinajstić information content (AvgIpc) is 2.47. The van der Waals surface area contributed by atoms with E-state index in [1.807, 2.05) is 27.7 Å². The molecule has 0 saturated heterocycles. The number of nitrogens with zero attached hydrogens (tertiary/aromatic N) is 1. The van der Waals surface area contributed by atoms with Crippen LogP contribution in [-0.4, -0.2) is 22.9 Å². The fourth-order valence-corrected chi connectivity index (χ4v) is 0.982. The molecule has 0 atom stereocenters. The summed E-state index contributed by atoms with van der Waals surface area (Å²) in [5, 5.41) is 9.32. The molecular weight excluding hydrogens is 194 g/mol. The van der Waals surface area contributed by atoms with Gasteiger partial charge in [-0.2, -0.15) is 5.10 Å². The highest BCUT2D eigenvalue weighted by molar-refractivity contribution is 5.84. The van der Waals surface area contributed by atoms with Crippen LogP contribution in [-0.2, 0) is 4.74 Å². The second-order valence-electron chi connectivity index (χ2n) is 3.94. The van der Waals surface area contributed by atoms with Gasteiger partial charge in [0.15, 0.2) is 5.82 Å². The summed E-state index contributed by atoms with van der Waals surface area (Å²) in [5.41, 5.74) is 1.87. The molecule has 1 aromatic heterocycles. The van der Waals surface area contributed by atoms with Gasteiger partial charge in [-0.05, 0) is 19.8 Å². The van der Waals surface area contributed by atoms with Crippen LogP contribution in [0.1, 0.15) is 25.1 Å². The number of H-pyrrole nitrogens is 1. The summed E-state index contributed by atoms with van der Waals surface area (Å²) in [4.78, 5) is 11.3. The van der Waals surface area contributed by atoms with E-state index in [4.69, 9.17) is 4.74 Å². The van der Waals surface area contributed by atoms with Gasteiger partial charge in [-0.1, -0.05) is 13.8 Å². The summed E-state index contributed by atoms with van der Waals surface area (Å²) >= 11 is 0. The predicted molar refractivity (Wildman–Crippen MR) is 57.9 cm³/mol. The molecule has 0 saturated carbocycles. The first-order valence-electron chi connectivity index (χ1n) is 4.96. The van der Waals surface area contributed by atoms with E-state index in [9.17, 15) is 4.79 Å². The quantitative estimate of drug-likeness (QED) is 0.805. The Morgan fingerprint density at radius 3 is 2.67 bits per heavy atom. The molecule has 1 rings (SSSR count). The smallest absolute Gasteiger partial charge is 0.412 e. The van der Waals surface area contributed by atoms with Crippen molar-refractivity contribution in [2.45, 2.75) is 27.7 Å². The molecule has 0 aliphatic rings. The van der Waals surface area contributed by atoms with Gasteiger partial charge in [0.1, 0.15) is 0 Å². The normalized spacial score (nSPS) is 10.5. The molecule has 0 fully saturated rings. The van der Waals surface area contributed by atoms with Crippen molar-refractivity contribution in [2.75, 3.05) is 11.9 Å². The third kappa shape index (κ3) is 3.27. The number of hydrogen-bond acceptors (Lipinski definition) is 3. The maximum absolute atomic E-state index is 11.3. The van der Waals surface area contributed by atoms with E-state index in [2.05, 4.69) is 15.5 Å². The van der Waals surface area contributed by atoms with Crippen LogP contribution in [0, 0.1) is 19.8 Å². The Kier molecular flexibility index (Phi) is 3.71. The lowest BCUT2D eigenvalue weighted by molar-refractivity contribution is 0.147. The Labute approximate surface area is 89.2 Å². The van der Waals surface area contributed by atoms with Gasteiger partial charge < -0.3 is 4.74 Å². The Morgan fingerprint density at radius 1 is 1.53 bits per heavy atom. The summed E-state index contributed by atoms with van der Waals surface area (Å²) in [6.45, 7) is 8.16. The number of amides is 1. The molecule has 0 aliphatic carbocycles. The van der Waals surface area contributed by atoms with Crippen molar-refractivity contribution in [3.05, 3.63) is 11.3 Å². The average molecular weight is 211 g/mol. The van der Waals surface area contributed by atoms with Crippen molar-refractivity contribution in [3.63, 3.8) is 0 Å². The van der Waals surface area contributed by atoms with Gasteiger partial charge in [0, 0.05) is 11.3 Å². The van der Waals surface area contributed by atoms with Crippen LogP contribution < -0.4 is 5.32 Å². The standard InChI is InChI=1S/C10H17N3O2/c1-6(2)5-15-10(14)11-9-7(3)8(4)12-13-9/h6H,5H2,1-4H3,(H2,11,12,13,14). The van der Waals surface area contributed by atoms with Crippen LogP contribution in [0.25, 0.3) is 0 Å². The van der Waals surface area contributed by atoms with Crippen molar-refractivity contribution >= 4 is 11.9 Å². The zero-order chi connectivity index (χ0) is 11.4. The second kappa shape index (κ2) is 4.82. The Balaban J connectivity index is 2.48. The van der Waals surface area contributed by atoms with Gasteiger partial charge in [0.05, 0.1) is 6.61 Å². The first kappa shape index (κ1) is 11.6. The first-order chi connectivity index (χ1) is 7.00. The number of aryl methyl sites for hydroxylation is 1. The number of carbonyl (C=O) groups is 1. The lowest BCUT2D eigenvalue weighted by Crippen LogP contribution is -2.17. The number of hydrogen-bond donors (Lipinski definition) is 2. The molecule has 0 aromatic carbocycles. The maximum Gasteiger partial charge on any atom is 0.412 e. The Hall–Kier alpha value is -1.52. The van der Waals surface area contributed by atoms with Gasteiger partial charge in [-0.25, -0.2) is 4.79 Å². The van der Waals surface area contributed by atoms with E-state index in [1.54, 1.807) is 0 Å². The molecule has 5 nitrogen and oxygen atoms in total. The number of aromatic nitrogens is 2. The van der Waals surface area contributed by atoms with E-state index in [-0.39, 0.29) is 0 Å². The van der Waals surface area contributed by atoms with E-state index >= 15 is 0 Å². The molecule has 0 unspecified atom stereocenters. The zero-order valence-corrected chi connectivity index (χ0v) is 9.55. The summed E-state index contributed by atoms with van der Waals surface area (Å²) in [6, 6.07) is 0. The van der Waals surface area contributed by atoms with Crippen LogP contribution in [0.3, 0.4) is 0 Å². The molecule has 0 bridgehead atoms. The molecule has 84 valence electrons. The third-order valence-corrected chi connectivity index (χ3v) is 2.02. The zero-order valence-electron chi connectivity index (χ0n) is 9.55. The first-order valence-corrected chi connectivity index (χ1v) is 4.96. The van der Waals surface area contributed by atoms with Crippen molar-refractivity contribution in [3.8, 4) is 0 Å².